The fourth-order valence-corrected chi connectivity index (χ4v) is 1.16. The first-order chi connectivity index (χ1) is 6.16. The van der Waals surface area contributed by atoms with Crippen LogP contribution >= 0.6 is 0 Å². The van der Waals surface area contributed by atoms with Gasteiger partial charge in [0.05, 0.1) is 16.6 Å². The molecule has 0 bridgehead atoms. The zero-order chi connectivity index (χ0) is 9.84. The predicted octanol–water partition coefficient (Wildman–Crippen LogP) is 0.680. The van der Waals surface area contributed by atoms with Gasteiger partial charge in [-0.15, -0.1) is 0 Å². The van der Waals surface area contributed by atoms with Crippen molar-refractivity contribution in [3.05, 3.63) is 39.9 Å². The molecule has 0 spiro atoms. The van der Waals surface area contributed by atoms with Gasteiger partial charge in [0.15, 0.2) is 0 Å². The molecule has 5 heteroatoms. The molecule has 1 atom stereocenters. The third-order valence-corrected chi connectivity index (χ3v) is 1.88. The summed E-state index contributed by atoms with van der Waals surface area (Å²) >= 11 is 0. The molecule has 0 amide bonds. The summed E-state index contributed by atoms with van der Waals surface area (Å²) < 4.78 is 0. The Balaban J connectivity index is 3.11. The summed E-state index contributed by atoms with van der Waals surface area (Å²) in [5.41, 5.74) is 0.367. The first-order valence-corrected chi connectivity index (χ1v) is 4.08. The second kappa shape index (κ2) is 4.05. The highest BCUT2D eigenvalue weighted by Crippen LogP contribution is 2.25. The second-order valence-electron chi connectivity index (χ2n) is 2.74. The van der Waals surface area contributed by atoms with E-state index in [1.54, 1.807) is 26.0 Å². The summed E-state index contributed by atoms with van der Waals surface area (Å²) in [5, 5.41) is 20.0. The van der Waals surface area contributed by atoms with E-state index < -0.39 is 11.0 Å². The highest BCUT2D eigenvalue weighted by molar-refractivity contribution is 6.08. The maximum Gasteiger partial charge on any atom is 0.275 e. The number of aliphatic hydroxyl groups excluding tert-OH is 1. The van der Waals surface area contributed by atoms with Gasteiger partial charge in [-0.1, -0.05) is 18.5 Å². The van der Waals surface area contributed by atoms with E-state index in [1.807, 2.05) is 0 Å². The number of nitrogens with zero attached hydrogens (tertiary/aromatic N) is 1. The lowest BCUT2D eigenvalue weighted by molar-refractivity contribution is -0.386. The Labute approximate surface area is 76.8 Å². The van der Waals surface area contributed by atoms with Crippen molar-refractivity contribution in [2.24, 2.45) is 0 Å². The predicted molar refractivity (Wildman–Crippen MR) is 51.4 cm³/mol. The molecular formula is C8H10BNO3. The molecule has 0 aliphatic heterocycles. The van der Waals surface area contributed by atoms with Crippen LogP contribution < -0.4 is 0 Å². The summed E-state index contributed by atoms with van der Waals surface area (Å²) in [6, 6.07) is 6.24. The number of rotatable bonds is 3. The van der Waals surface area contributed by atoms with Gasteiger partial charge in [-0.2, -0.15) is 0 Å². The first kappa shape index (κ1) is 9.73. The van der Waals surface area contributed by atoms with Gasteiger partial charge in [-0.25, -0.2) is 0 Å². The van der Waals surface area contributed by atoms with Crippen LogP contribution in [0.5, 0.6) is 0 Å². The molecule has 0 unspecified atom stereocenters. The summed E-state index contributed by atoms with van der Waals surface area (Å²) in [7, 11) is 1.78. The minimum atomic E-state index is -0.749. The molecule has 1 rings (SSSR count). The number of hydrogen-bond donors (Lipinski definition) is 1. The van der Waals surface area contributed by atoms with E-state index in [4.69, 9.17) is 0 Å². The third kappa shape index (κ3) is 2.06. The normalized spacial score (nSPS) is 12.4. The molecule has 4 nitrogen and oxygen atoms in total. The SMILES string of the molecule is BC[C@@H](O)c1ccccc1[N+](=O)[O-]. The molecule has 0 aliphatic carbocycles. The standard InChI is InChI=1S/C8H10BNO3/c9-5-8(11)6-3-1-2-4-7(6)10(12)13/h1-4,8,11H,5,9H2/t8-/m1/s1. The van der Waals surface area contributed by atoms with Gasteiger partial charge in [0.1, 0.15) is 7.85 Å². The number of hydrogen-bond acceptors (Lipinski definition) is 3. The Morgan fingerprint density at radius 3 is 2.69 bits per heavy atom. The molecule has 0 aromatic heterocycles. The van der Waals surface area contributed by atoms with E-state index in [2.05, 4.69) is 0 Å². The van der Waals surface area contributed by atoms with Gasteiger partial charge in [-0.3, -0.25) is 10.1 Å². The molecule has 0 radical (unpaired) electrons. The van der Waals surface area contributed by atoms with Gasteiger partial charge < -0.3 is 5.11 Å². The minimum absolute atomic E-state index is 0.0168. The van der Waals surface area contributed by atoms with E-state index in [0.717, 1.165) is 0 Å². The first-order valence-electron chi connectivity index (χ1n) is 4.08. The van der Waals surface area contributed by atoms with Crippen molar-refractivity contribution in [3.8, 4) is 0 Å². The lowest BCUT2D eigenvalue weighted by Crippen LogP contribution is -2.01. The lowest BCUT2D eigenvalue weighted by Gasteiger charge is -2.07. The van der Waals surface area contributed by atoms with Crippen LogP contribution in [-0.2, 0) is 0 Å². The maximum absolute atomic E-state index is 10.5. The lowest BCUT2D eigenvalue weighted by atomic mass is 9.93. The number of aliphatic hydroxyl groups is 1. The Hall–Kier alpha value is -1.36. The van der Waals surface area contributed by atoms with Crippen LogP contribution in [0.3, 0.4) is 0 Å². The van der Waals surface area contributed by atoms with Gasteiger partial charge in [0.2, 0.25) is 0 Å². The molecule has 13 heavy (non-hydrogen) atoms. The highest BCUT2D eigenvalue weighted by atomic mass is 16.6. The molecule has 0 saturated carbocycles. The van der Waals surface area contributed by atoms with Gasteiger partial charge in [0.25, 0.3) is 5.69 Å². The largest absolute Gasteiger partial charge is 0.389 e. The highest BCUT2D eigenvalue weighted by Gasteiger charge is 2.17. The molecular weight excluding hydrogens is 169 g/mol. The quantitative estimate of drug-likeness (QED) is 0.421. The zero-order valence-electron chi connectivity index (χ0n) is 7.30. The number of para-hydroxylation sites is 1. The van der Waals surface area contributed by atoms with Crippen LogP contribution in [0.25, 0.3) is 0 Å². The average molecular weight is 179 g/mol. The van der Waals surface area contributed by atoms with Crippen molar-refractivity contribution in [1.29, 1.82) is 0 Å². The maximum atomic E-state index is 10.5. The fourth-order valence-electron chi connectivity index (χ4n) is 1.16. The Morgan fingerprint density at radius 2 is 2.15 bits per heavy atom. The molecule has 0 fully saturated rings. The molecule has 1 aromatic rings. The Morgan fingerprint density at radius 1 is 1.54 bits per heavy atom. The van der Waals surface area contributed by atoms with Crippen LogP contribution in [-0.4, -0.2) is 17.9 Å². The van der Waals surface area contributed by atoms with Crippen molar-refractivity contribution in [3.63, 3.8) is 0 Å². The summed E-state index contributed by atoms with van der Waals surface area (Å²) in [4.78, 5) is 10.1. The van der Waals surface area contributed by atoms with Gasteiger partial charge >= 0.3 is 0 Å². The second-order valence-corrected chi connectivity index (χ2v) is 2.74. The summed E-state index contributed by atoms with van der Waals surface area (Å²) in [6.07, 6.45) is -0.271. The number of benzene rings is 1. The minimum Gasteiger partial charge on any atom is -0.389 e. The monoisotopic (exact) mass is 179 g/mol. The smallest absolute Gasteiger partial charge is 0.275 e. The van der Waals surface area contributed by atoms with Crippen LogP contribution in [0.4, 0.5) is 5.69 Å². The van der Waals surface area contributed by atoms with Crippen molar-refractivity contribution in [1.82, 2.24) is 0 Å². The van der Waals surface area contributed by atoms with Crippen molar-refractivity contribution >= 4 is 13.5 Å². The average Bonchev–Trinajstić information content (AvgIpc) is 2.16. The zero-order valence-corrected chi connectivity index (χ0v) is 7.30. The van der Waals surface area contributed by atoms with Crippen LogP contribution in [0, 0.1) is 10.1 Å². The van der Waals surface area contributed by atoms with E-state index in [1.165, 1.54) is 6.07 Å². The summed E-state index contributed by atoms with van der Waals surface area (Å²) in [6.45, 7) is 0. The van der Waals surface area contributed by atoms with Gasteiger partial charge in [-0.05, 0) is 6.07 Å². The van der Waals surface area contributed by atoms with E-state index >= 15 is 0 Å². The molecule has 0 aliphatic rings. The molecule has 1 aromatic carbocycles. The van der Waals surface area contributed by atoms with Gasteiger partial charge in [0, 0.05) is 6.07 Å². The van der Waals surface area contributed by atoms with Crippen LogP contribution in [0.15, 0.2) is 24.3 Å². The third-order valence-electron chi connectivity index (χ3n) is 1.88. The number of nitro groups is 1. The Kier molecular flexibility index (Phi) is 3.03. The summed E-state index contributed by atoms with van der Waals surface area (Å²) in [5.74, 6) is 0. The molecule has 1 N–H and O–H groups in total. The van der Waals surface area contributed by atoms with Crippen molar-refractivity contribution in [2.45, 2.75) is 12.4 Å². The number of nitro benzene ring substituents is 1. The molecule has 68 valence electrons. The Bertz CT molecular complexity index is 316. The van der Waals surface area contributed by atoms with E-state index in [-0.39, 0.29) is 5.69 Å². The molecule has 0 saturated heterocycles. The molecule has 0 heterocycles. The van der Waals surface area contributed by atoms with Crippen molar-refractivity contribution in [2.75, 3.05) is 0 Å². The van der Waals surface area contributed by atoms with Crippen molar-refractivity contribution < 1.29 is 10.0 Å². The van der Waals surface area contributed by atoms with Crippen LogP contribution in [0.2, 0.25) is 6.32 Å². The van der Waals surface area contributed by atoms with E-state index in [0.29, 0.717) is 11.9 Å². The van der Waals surface area contributed by atoms with Crippen LogP contribution in [0.1, 0.15) is 11.7 Å². The van der Waals surface area contributed by atoms with E-state index in [9.17, 15) is 15.2 Å². The topological polar surface area (TPSA) is 63.4 Å². The fraction of sp³-hybridized carbons (Fsp3) is 0.250.